The van der Waals surface area contributed by atoms with Crippen molar-refractivity contribution in [2.24, 2.45) is 5.41 Å². The van der Waals surface area contributed by atoms with Crippen molar-refractivity contribution in [1.29, 1.82) is 0 Å². The first-order valence-corrected chi connectivity index (χ1v) is 7.32. The Morgan fingerprint density at radius 1 is 1.24 bits per heavy atom. The van der Waals surface area contributed by atoms with E-state index in [1.165, 1.54) is 0 Å². The SMILES string of the molecule is CC(NC(=O)C(C)(C)C)C(=O)NCCN1CCNCC1.Cl. The van der Waals surface area contributed by atoms with Gasteiger partial charge in [-0.15, -0.1) is 12.4 Å². The van der Waals surface area contributed by atoms with Crippen LogP contribution < -0.4 is 16.0 Å². The van der Waals surface area contributed by atoms with E-state index in [0.29, 0.717) is 6.54 Å². The van der Waals surface area contributed by atoms with Crippen LogP contribution in [0, 0.1) is 5.41 Å². The van der Waals surface area contributed by atoms with Gasteiger partial charge >= 0.3 is 0 Å². The third-order valence-corrected chi connectivity index (χ3v) is 3.36. The van der Waals surface area contributed by atoms with Crippen LogP contribution in [0.1, 0.15) is 27.7 Å². The molecule has 0 bridgehead atoms. The fourth-order valence-corrected chi connectivity index (χ4v) is 1.90. The molecule has 1 aliphatic rings. The van der Waals surface area contributed by atoms with E-state index in [-0.39, 0.29) is 24.2 Å². The fourth-order valence-electron chi connectivity index (χ4n) is 1.90. The van der Waals surface area contributed by atoms with Gasteiger partial charge in [-0.1, -0.05) is 20.8 Å². The van der Waals surface area contributed by atoms with Gasteiger partial charge in [0.05, 0.1) is 0 Å². The van der Waals surface area contributed by atoms with Crippen LogP contribution in [0.2, 0.25) is 0 Å². The molecular weight excluding hydrogens is 292 g/mol. The van der Waals surface area contributed by atoms with E-state index in [2.05, 4.69) is 20.9 Å². The summed E-state index contributed by atoms with van der Waals surface area (Å²) in [6.07, 6.45) is 0. The summed E-state index contributed by atoms with van der Waals surface area (Å²) in [5.74, 6) is -0.236. The normalized spacial score (nSPS) is 17.5. The van der Waals surface area contributed by atoms with Crippen molar-refractivity contribution >= 4 is 24.2 Å². The van der Waals surface area contributed by atoms with Gasteiger partial charge in [-0.05, 0) is 6.92 Å². The molecule has 1 saturated heterocycles. The van der Waals surface area contributed by atoms with Gasteiger partial charge in [0.25, 0.3) is 0 Å². The molecule has 2 amide bonds. The number of nitrogens with zero attached hydrogens (tertiary/aromatic N) is 1. The van der Waals surface area contributed by atoms with Gasteiger partial charge < -0.3 is 16.0 Å². The van der Waals surface area contributed by atoms with Crippen LogP contribution in [0.15, 0.2) is 0 Å². The first kappa shape index (κ1) is 20.1. The quantitative estimate of drug-likeness (QED) is 0.666. The lowest BCUT2D eigenvalue weighted by atomic mass is 9.95. The maximum absolute atomic E-state index is 11.9. The van der Waals surface area contributed by atoms with Crippen molar-refractivity contribution in [1.82, 2.24) is 20.9 Å². The topological polar surface area (TPSA) is 73.5 Å². The Morgan fingerprint density at radius 2 is 1.81 bits per heavy atom. The monoisotopic (exact) mass is 320 g/mol. The molecule has 1 rings (SSSR count). The van der Waals surface area contributed by atoms with Crippen molar-refractivity contribution in [2.75, 3.05) is 39.3 Å². The second-order valence-corrected chi connectivity index (χ2v) is 6.33. The average molecular weight is 321 g/mol. The minimum absolute atomic E-state index is 0. The van der Waals surface area contributed by atoms with Crippen LogP contribution in [0.4, 0.5) is 0 Å². The molecule has 21 heavy (non-hydrogen) atoms. The summed E-state index contributed by atoms with van der Waals surface area (Å²) in [6, 6.07) is -0.496. The molecule has 0 aromatic rings. The molecule has 7 heteroatoms. The number of carbonyl (C=O) groups is 2. The molecule has 3 N–H and O–H groups in total. The van der Waals surface area contributed by atoms with E-state index < -0.39 is 11.5 Å². The number of hydrogen-bond donors (Lipinski definition) is 3. The molecule has 1 heterocycles. The molecule has 6 nitrogen and oxygen atoms in total. The summed E-state index contributed by atoms with van der Waals surface area (Å²) in [4.78, 5) is 26.0. The molecule has 1 unspecified atom stereocenters. The van der Waals surface area contributed by atoms with Gasteiger partial charge in [0.15, 0.2) is 0 Å². The van der Waals surface area contributed by atoms with Crippen LogP contribution in [0.5, 0.6) is 0 Å². The van der Waals surface area contributed by atoms with Crippen molar-refractivity contribution in [3.05, 3.63) is 0 Å². The van der Waals surface area contributed by atoms with Gasteiger partial charge in [-0.25, -0.2) is 0 Å². The largest absolute Gasteiger partial charge is 0.353 e. The summed E-state index contributed by atoms with van der Waals surface area (Å²) in [5.41, 5.74) is -0.477. The summed E-state index contributed by atoms with van der Waals surface area (Å²) >= 11 is 0. The predicted molar refractivity (Wildman–Crippen MR) is 86.6 cm³/mol. The summed E-state index contributed by atoms with van der Waals surface area (Å²) in [7, 11) is 0. The Labute approximate surface area is 133 Å². The van der Waals surface area contributed by atoms with Gasteiger partial charge in [0.2, 0.25) is 11.8 Å². The maximum atomic E-state index is 11.9. The molecule has 0 saturated carbocycles. The highest BCUT2D eigenvalue weighted by Gasteiger charge is 2.24. The Balaban J connectivity index is 0.00000400. The molecule has 124 valence electrons. The van der Waals surface area contributed by atoms with Crippen LogP contribution in [-0.2, 0) is 9.59 Å². The summed E-state index contributed by atoms with van der Waals surface area (Å²) in [6.45, 7) is 12.7. The highest BCUT2D eigenvalue weighted by atomic mass is 35.5. The van der Waals surface area contributed by atoms with Crippen LogP contribution >= 0.6 is 12.4 Å². The second-order valence-electron chi connectivity index (χ2n) is 6.33. The molecule has 0 aliphatic carbocycles. The lowest BCUT2D eigenvalue weighted by Gasteiger charge is -2.27. The predicted octanol–water partition coefficient (Wildman–Crippen LogP) is -0.0196. The Morgan fingerprint density at radius 3 is 2.33 bits per heavy atom. The van der Waals surface area contributed by atoms with Crippen molar-refractivity contribution in [3.8, 4) is 0 Å². The third kappa shape index (κ3) is 7.64. The minimum atomic E-state index is -0.496. The summed E-state index contributed by atoms with van der Waals surface area (Å²) in [5, 5.41) is 8.90. The van der Waals surface area contributed by atoms with Crippen LogP contribution in [0.3, 0.4) is 0 Å². The van der Waals surface area contributed by atoms with E-state index in [0.717, 1.165) is 32.7 Å². The van der Waals surface area contributed by atoms with E-state index in [4.69, 9.17) is 0 Å². The first-order chi connectivity index (χ1) is 9.30. The van der Waals surface area contributed by atoms with E-state index in [1.807, 2.05) is 20.8 Å². The van der Waals surface area contributed by atoms with Crippen molar-refractivity contribution < 1.29 is 9.59 Å². The zero-order valence-electron chi connectivity index (χ0n) is 13.5. The highest BCUT2D eigenvalue weighted by Crippen LogP contribution is 2.12. The number of hydrogen-bond acceptors (Lipinski definition) is 4. The molecule has 1 fully saturated rings. The highest BCUT2D eigenvalue weighted by molar-refractivity contribution is 5.89. The molecule has 0 radical (unpaired) electrons. The van der Waals surface area contributed by atoms with Crippen molar-refractivity contribution in [2.45, 2.75) is 33.7 Å². The smallest absolute Gasteiger partial charge is 0.242 e. The van der Waals surface area contributed by atoms with Crippen molar-refractivity contribution in [3.63, 3.8) is 0 Å². The molecule has 0 spiro atoms. The molecular formula is C14H29ClN4O2. The maximum Gasteiger partial charge on any atom is 0.242 e. The van der Waals surface area contributed by atoms with Gasteiger partial charge in [-0.2, -0.15) is 0 Å². The lowest BCUT2D eigenvalue weighted by Crippen LogP contribution is -2.50. The lowest BCUT2D eigenvalue weighted by molar-refractivity contribution is -0.133. The van der Waals surface area contributed by atoms with E-state index in [9.17, 15) is 9.59 Å². The van der Waals surface area contributed by atoms with Gasteiger partial charge in [0, 0.05) is 44.7 Å². The second kappa shape index (κ2) is 9.23. The zero-order chi connectivity index (χ0) is 15.2. The molecule has 0 aromatic carbocycles. The fraction of sp³-hybridized carbons (Fsp3) is 0.857. The Kier molecular flexibility index (Phi) is 8.85. The number of nitrogens with one attached hydrogen (secondary N) is 3. The number of rotatable bonds is 5. The zero-order valence-corrected chi connectivity index (χ0v) is 14.3. The van der Waals surface area contributed by atoms with E-state index in [1.54, 1.807) is 6.92 Å². The average Bonchev–Trinajstić information content (AvgIpc) is 2.38. The van der Waals surface area contributed by atoms with E-state index >= 15 is 0 Å². The molecule has 1 aliphatic heterocycles. The minimum Gasteiger partial charge on any atom is -0.353 e. The number of carbonyl (C=O) groups excluding carboxylic acids is 2. The van der Waals surface area contributed by atoms with Gasteiger partial charge in [0.1, 0.15) is 6.04 Å². The number of piperazine rings is 1. The molecule has 1 atom stereocenters. The number of halogens is 1. The third-order valence-electron chi connectivity index (χ3n) is 3.36. The number of amides is 2. The molecule has 0 aromatic heterocycles. The summed E-state index contributed by atoms with van der Waals surface area (Å²) < 4.78 is 0. The Hall–Kier alpha value is -0.850. The standard InChI is InChI=1S/C14H28N4O2.ClH/c1-11(17-13(20)14(2,3)4)12(19)16-7-10-18-8-5-15-6-9-18;/h11,15H,5-10H2,1-4H3,(H,16,19)(H,17,20);1H. The Bertz CT molecular complexity index is 338. The van der Waals surface area contributed by atoms with Crippen LogP contribution in [-0.4, -0.2) is 62.0 Å². The van der Waals surface area contributed by atoms with Crippen LogP contribution in [0.25, 0.3) is 0 Å². The first-order valence-electron chi connectivity index (χ1n) is 7.32. The van der Waals surface area contributed by atoms with Gasteiger partial charge in [-0.3, -0.25) is 14.5 Å².